The van der Waals surface area contributed by atoms with Crippen LogP contribution in [0.3, 0.4) is 0 Å². The first-order valence-electron chi connectivity index (χ1n) is 5.86. The highest BCUT2D eigenvalue weighted by Crippen LogP contribution is 2.51. The smallest absolute Gasteiger partial charge is 0.323 e. The summed E-state index contributed by atoms with van der Waals surface area (Å²) in [6, 6.07) is -0.0496. The van der Waals surface area contributed by atoms with Crippen molar-refractivity contribution in [2.75, 3.05) is 13.7 Å². The van der Waals surface area contributed by atoms with Crippen LogP contribution in [-0.2, 0) is 9.53 Å². The minimum absolute atomic E-state index is 0.0496. The maximum atomic E-state index is 11.5. The van der Waals surface area contributed by atoms with E-state index >= 15 is 0 Å². The first-order valence-corrected chi connectivity index (χ1v) is 5.86. The maximum absolute atomic E-state index is 11.5. The Morgan fingerprint density at radius 1 is 1.53 bits per heavy atom. The van der Waals surface area contributed by atoms with Gasteiger partial charge in [0.15, 0.2) is 0 Å². The number of rotatable bonds is 5. The summed E-state index contributed by atoms with van der Waals surface area (Å²) in [4.78, 5) is 11.5. The summed E-state index contributed by atoms with van der Waals surface area (Å²) in [5.41, 5.74) is 0.483. The van der Waals surface area contributed by atoms with Crippen LogP contribution in [-0.4, -0.2) is 25.7 Å². The van der Waals surface area contributed by atoms with Crippen molar-refractivity contribution in [3.05, 3.63) is 0 Å². The van der Waals surface area contributed by atoms with Gasteiger partial charge in [-0.15, -0.1) is 0 Å². The number of carbonyl (C=O) groups excluding carboxylic acids is 1. The highest BCUT2D eigenvalue weighted by molar-refractivity contribution is 5.76. The van der Waals surface area contributed by atoms with Crippen molar-refractivity contribution in [2.45, 2.75) is 39.2 Å². The molecule has 2 unspecified atom stereocenters. The van der Waals surface area contributed by atoms with Crippen molar-refractivity contribution in [1.82, 2.24) is 5.32 Å². The molecule has 0 saturated heterocycles. The van der Waals surface area contributed by atoms with Gasteiger partial charge in [0.2, 0.25) is 0 Å². The summed E-state index contributed by atoms with van der Waals surface area (Å²) in [5, 5.41) is 3.38. The standard InChI is InChI=1S/C12H21NO2/c1-12(2)6-9(12)7-13-10(8-4-5-8)11(14)15-3/h8-10,13H,4-7H2,1-3H3. The van der Waals surface area contributed by atoms with Crippen LogP contribution >= 0.6 is 0 Å². The van der Waals surface area contributed by atoms with E-state index in [2.05, 4.69) is 19.2 Å². The Labute approximate surface area is 91.6 Å². The van der Waals surface area contributed by atoms with Crippen LogP contribution in [0.4, 0.5) is 0 Å². The molecule has 0 heterocycles. The molecule has 2 saturated carbocycles. The molecule has 2 rings (SSSR count). The second kappa shape index (κ2) is 3.78. The van der Waals surface area contributed by atoms with E-state index in [1.54, 1.807) is 0 Å². The number of hydrogen-bond acceptors (Lipinski definition) is 3. The van der Waals surface area contributed by atoms with Gasteiger partial charge in [-0.05, 0) is 43.1 Å². The van der Waals surface area contributed by atoms with Gasteiger partial charge in [-0.3, -0.25) is 4.79 Å². The van der Waals surface area contributed by atoms with Crippen LogP contribution in [0.15, 0.2) is 0 Å². The number of hydrogen-bond donors (Lipinski definition) is 1. The third-order valence-electron chi connectivity index (χ3n) is 3.85. The molecule has 1 N–H and O–H groups in total. The average Bonchev–Trinajstić information content (AvgIpc) is 3.06. The molecular formula is C12H21NO2. The Kier molecular flexibility index (Phi) is 2.75. The predicted molar refractivity (Wildman–Crippen MR) is 58.4 cm³/mol. The van der Waals surface area contributed by atoms with Crippen LogP contribution in [0, 0.1) is 17.3 Å². The number of ether oxygens (including phenoxy) is 1. The highest BCUT2D eigenvalue weighted by Gasteiger charge is 2.46. The quantitative estimate of drug-likeness (QED) is 0.702. The molecule has 2 atom stereocenters. The van der Waals surface area contributed by atoms with Gasteiger partial charge in [-0.1, -0.05) is 13.8 Å². The minimum atomic E-state index is -0.0871. The van der Waals surface area contributed by atoms with Gasteiger partial charge in [-0.2, -0.15) is 0 Å². The van der Waals surface area contributed by atoms with Gasteiger partial charge in [-0.25, -0.2) is 0 Å². The normalized spacial score (nSPS) is 29.7. The molecule has 2 fully saturated rings. The van der Waals surface area contributed by atoms with Crippen LogP contribution in [0.25, 0.3) is 0 Å². The fraction of sp³-hybridized carbons (Fsp3) is 0.917. The molecule has 3 nitrogen and oxygen atoms in total. The third-order valence-corrected chi connectivity index (χ3v) is 3.85. The van der Waals surface area contributed by atoms with E-state index in [1.165, 1.54) is 26.4 Å². The molecule has 0 bridgehead atoms. The molecular weight excluding hydrogens is 190 g/mol. The number of esters is 1. The lowest BCUT2D eigenvalue weighted by Gasteiger charge is -2.16. The molecule has 86 valence electrons. The first-order chi connectivity index (χ1) is 7.04. The lowest BCUT2D eigenvalue weighted by molar-refractivity contribution is -0.143. The van der Waals surface area contributed by atoms with Crippen molar-refractivity contribution >= 4 is 5.97 Å². The average molecular weight is 211 g/mol. The number of carbonyl (C=O) groups is 1. The molecule has 0 aliphatic heterocycles. The van der Waals surface area contributed by atoms with Crippen molar-refractivity contribution in [1.29, 1.82) is 0 Å². The second-order valence-electron chi connectivity index (χ2n) is 5.64. The Hall–Kier alpha value is -0.570. The number of methoxy groups -OCH3 is 1. The molecule has 0 spiro atoms. The third kappa shape index (κ3) is 2.51. The van der Waals surface area contributed by atoms with Gasteiger partial charge in [0.1, 0.15) is 6.04 Å². The molecule has 15 heavy (non-hydrogen) atoms. The molecule has 2 aliphatic rings. The Balaban J connectivity index is 1.77. The number of nitrogens with one attached hydrogen (secondary N) is 1. The SMILES string of the molecule is COC(=O)C(NCC1CC1(C)C)C1CC1. The van der Waals surface area contributed by atoms with Gasteiger partial charge < -0.3 is 10.1 Å². The zero-order valence-corrected chi connectivity index (χ0v) is 9.88. The fourth-order valence-corrected chi connectivity index (χ4v) is 2.19. The van der Waals surface area contributed by atoms with E-state index in [4.69, 9.17) is 4.74 Å². The van der Waals surface area contributed by atoms with Crippen LogP contribution in [0.5, 0.6) is 0 Å². The van der Waals surface area contributed by atoms with E-state index in [0.717, 1.165) is 12.5 Å². The molecule has 3 heteroatoms. The predicted octanol–water partition coefficient (Wildman–Crippen LogP) is 1.57. The molecule has 0 aromatic rings. The summed E-state index contributed by atoms with van der Waals surface area (Å²) in [6.07, 6.45) is 3.61. The minimum Gasteiger partial charge on any atom is -0.468 e. The largest absolute Gasteiger partial charge is 0.468 e. The Morgan fingerprint density at radius 2 is 2.13 bits per heavy atom. The fourth-order valence-electron chi connectivity index (χ4n) is 2.19. The van der Waals surface area contributed by atoms with Crippen LogP contribution < -0.4 is 5.32 Å². The summed E-state index contributed by atoms with van der Waals surface area (Å²) in [5.74, 6) is 1.18. The topological polar surface area (TPSA) is 38.3 Å². The van der Waals surface area contributed by atoms with Gasteiger partial charge in [0.25, 0.3) is 0 Å². The molecule has 0 aromatic heterocycles. The van der Waals surface area contributed by atoms with Crippen molar-refractivity contribution < 1.29 is 9.53 Å². The monoisotopic (exact) mass is 211 g/mol. The molecule has 0 amide bonds. The van der Waals surface area contributed by atoms with E-state index in [1.807, 2.05) is 0 Å². The lowest BCUT2D eigenvalue weighted by Crippen LogP contribution is -2.40. The zero-order chi connectivity index (χ0) is 11.1. The van der Waals surface area contributed by atoms with E-state index in [9.17, 15) is 4.79 Å². The molecule has 2 aliphatic carbocycles. The lowest BCUT2D eigenvalue weighted by atomic mass is 10.1. The van der Waals surface area contributed by atoms with Crippen LogP contribution in [0.2, 0.25) is 0 Å². The van der Waals surface area contributed by atoms with Gasteiger partial charge in [0, 0.05) is 0 Å². The first kappa shape index (κ1) is 10.9. The van der Waals surface area contributed by atoms with Crippen molar-refractivity contribution in [3.8, 4) is 0 Å². The summed E-state index contributed by atoms with van der Waals surface area (Å²) >= 11 is 0. The highest BCUT2D eigenvalue weighted by atomic mass is 16.5. The molecule has 0 aromatic carbocycles. The van der Waals surface area contributed by atoms with Gasteiger partial charge >= 0.3 is 5.97 Å². The van der Waals surface area contributed by atoms with Crippen molar-refractivity contribution in [3.63, 3.8) is 0 Å². The van der Waals surface area contributed by atoms with Crippen molar-refractivity contribution in [2.24, 2.45) is 17.3 Å². The van der Waals surface area contributed by atoms with E-state index in [0.29, 0.717) is 11.3 Å². The van der Waals surface area contributed by atoms with E-state index < -0.39 is 0 Å². The zero-order valence-electron chi connectivity index (χ0n) is 9.88. The van der Waals surface area contributed by atoms with E-state index in [-0.39, 0.29) is 12.0 Å². The Bertz CT molecular complexity index is 258. The maximum Gasteiger partial charge on any atom is 0.323 e. The second-order valence-corrected chi connectivity index (χ2v) is 5.64. The van der Waals surface area contributed by atoms with Gasteiger partial charge in [0.05, 0.1) is 7.11 Å². The molecule has 0 radical (unpaired) electrons. The summed E-state index contributed by atoms with van der Waals surface area (Å²) in [6.45, 7) is 5.52. The summed E-state index contributed by atoms with van der Waals surface area (Å²) < 4.78 is 4.82. The Morgan fingerprint density at radius 3 is 2.53 bits per heavy atom. The van der Waals surface area contributed by atoms with Crippen LogP contribution in [0.1, 0.15) is 33.1 Å². The summed E-state index contributed by atoms with van der Waals surface area (Å²) in [7, 11) is 1.47.